The molecule has 1 saturated carbocycles. The van der Waals surface area contributed by atoms with Gasteiger partial charge in [-0.05, 0) is 31.2 Å². The minimum Gasteiger partial charge on any atom is -0.481 e. The first-order chi connectivity index (χ1) is 10.6. The molecule has 3 rings (SSSR count). The second kappa shape index (κ2) is 6.10. The molecular formula is C16H23N3O3. The van der Waals surface area contributed by atoms with Gasteiger partial charge in [-0.3, -0.25) is 14.3 Å². The highest BCUT2D eigenvalue weighted by molar-refractivity contribution is 5.92. The van der Waals surface area contributed by atoms with E-state index in [0.717, 1.165) is 12.8 Å². The van der Waals surface area contributed by atoms with E-state index in [1.165, 1.54) is 12.8 Å². The molecule has 2 unspecified atom stereocenters. The van der Waals surface area contributed by atoms with E-state index < -0.39 is 5.97 Å². The molecule has 1 N–H and O–H groups in total. The summed E-state index contributed by atoms with van der Waals surface area (Å²) in [5, 5.41) is 13.5. The first-order valence-corrected chi connectivity index (χ1v) is 8.13. The van der Waals surface area contributed by atoms with Gasteiger partial charge in [-0.25, -0.2) is 0 Å². The van der Waals surface area contributed by atoms with Crippen molar-refractivity contribution in [3.8, 4) is 0 Å². The van der Waals surface area contributed by atoms with E-state index >= 15 is 0 Å². The zero-order valence-corrected chi connectivity index (χ0v) is 12.9. The van der Waals surface area contributed by atoms with E-state index in [1.54, 1.807) is 17.2 Å². The van der Waals surface area contributed by atoms with Gasteiger partial charge in [0.05, 0.1) is 12.0 Å². The highest BCUT2D eigenvalue weighted by atomic mass is 16.4. The zero-order chi connectivity index (χ0) is 15.7. The van der Waals surface area contributed by atoms with Crippen LogP contribution in [0.3, 0.4) is 0 Å². The molecule has 2 fully saturated rings. The second-order valence-corrected chi connectivity index (χ2v) is 6.56. The Hall–Kier alpha value is -1.85. The molecule has 22 heavy (non-hydrogen) atoms. The topological polar surface area (TPSA) is 75.4 Å². The van der Waals surface area contributed by atoms with Crippen LogP contribution in [0, 0.1) is 11.8 Å². The van der Waals surface area contributed by atoms with Gasteiger partial charge >= 0.3 is 5.97 Å². The zero-order valence-electron chi connectivity index (χ0n) is 12.9. The minimum absolute atomic E-state index is 0.0138. The van der Waals surface area contributed by atoms with Crippen LogP contribution in [0.15, 0.2) is 12.3 Å². The SMILES string of the molecule is CC1CN(C(=O)c2ccnn2C2CCCC2)CCC1C(=O)O. The van der Waals surface area contributed by atoms with Crippen molar-refractivity contribution in [1.82, 2.24) is 14.7 Å². The van der Waals surface area contributed by atoms with Crippen molar-refractivity contribution in [1.29, 1.82) is 0 Å². The van der Waals surface area contributed by atoms with Crippen LogP contribution in [0.25, 0.3) is 0 Å². The maximum Gasteiger partial charge on any atom is 0.306 e. The third-order valence-corrected chi connectivity index (χ3v) is 5.07. The minimum atomic E-state index is -0.754. The van der Waals surface area contributed by atoms with Gasteiger partial charge in [-0.15, -0.1) is 0 Å². The van der Waals surface area contributed by atoms with Crippen LogP contribution in [-0.4, -0.2) is 44.8 Å². The van der Waals surface area contributed by atoms with Gasteiger partial charge in [-0.2, -0.15) is 5.10 Å². The Morgan fingerprint density at radius 2 is 2.00 bits per heavy atom. The van der Waals surface area contributed by atoms with Crippen molar-refractivity contribution in [2.75, 3.05) is 13.1 Å². The van der Waals surface area contributed by atoms with Crippen LogP contribution in [0.1, 0.15) is 55.6 Å². The number of hydrogen-bond donors (Lipinski definition) is 1. The smallest absolute Gasteiger partial charge is 0.306 e. The molecule has 0 spiro atoms. The number of nitrogens with zero attached hydrogens (tertiary/aromatic N) is 3. The summed E-state index contributed by atoms with van der Waals surface area (Å²) in [7, 11) is 0. The van der Waals surface area contributed by atoms with Gasteiger partial charge in [0, 0.05) is 19.3 Å². The molecule has 1 aliphatic carbocycles. The predicted molar refractivity (Wildman–Crippen MR) is 80.5 cm³/mol. The molecule has 0 aromatic carbocycles. The monoisotopic (exact) mass is 305 g/mol. The maximum atomic E-state index is 12.8. The Balaban J connectivity index is 1.72. The standard InChI is InChI=1S/C16H23N3O3/c1-11-10-18(9-7-13(11)16(21)22)15(20)14-6-8-17-19(14)12-4-2-3-5-12/h6,8,11-13H,2-5,7,9-10H2,1H3,(H,21,22). The number of carbonyl (C=O) groups is 2. The van der Waals surface area contributed by atoms with Crippen molar-refractivity contribution in [3.05, 3.63) is 18.0 Å². The number of likely N-dealkylation sites (tertiary alicyclic amines) is 1. The van der Waals surface area contributed by atoms with E-state index in [0.29, 0.717) is 31.2 Å². The lowest BCUT2D eigenvalue weighted by molar-refractivity contribution is -0.145. The van der Waals surface area contributed by atoms with E-state index in [1.807, 2.05) is 11.6 Å². The maximum absolute atomic E-state index is 12.8. The van der Waals surface area contributed by atoms with Crippen LogP contribution in [0.2, 0.25) is 0 Å². The number of carbonyl (C=O) groups excluding carboxylic acids is 1. The average molecular weight is 305 g/mol. The summed E-state index contributed by atoms with van der Waals surface area (Å²) >= 11 is 0. The number of carboxylic acid groups (broad SMARTS) is 1. The molecular weight excluding hydrogens is 282 g/mol. The van der Waals surface area contributed by atoms with Crippen LogP contribution in [-0.2, 0) is 4.79 Å². The Kier molecular flexibility index (Phi) is 4.18. The van der Waals surface area contributed by atoms with Crippen LogP contribution in [0.5, 0.6) is 0 Å². The fraction of sp³-hybridized carbons (Fsp3) is 0.688. The molecule has 1 amide bonds. The molecule has 2 atom stereocenters. The molecule has 1 aliphatic heterocycles. The van der Waals surface area contributed by atoms with Gasteiger partial charge in [0.1, 0.15) is 5.69 Å². The van der Waals surface area contributed by atoms with E-state index in [4.69, 9.17) is 0 Å². The summed E-state index contributed by atoms with van der Waals surface area (Å²) in [5.74, 6) is -1.13. The van der Waals surface area contributed by atoms with E-state index in [9.17, 15) is 14.7 Å². The highest BCUT2D eigenvalue weighted by Gasteiger charge is 2.34. The van der Waals surface area contributed by atoms with Gasteiger partial charge in [0.15, 0.2) is 0 Å². The molecule has 0 bridgehead atoms. The Bertz CT molecular complexity index is 563. The van der Waals surface area contributed by atoms with Crippen molar-refractivity contribution in [3.63, 3.8) is 0 Å². The van der Waals surface area contributed by atoms with Crippen LogP contribution < -0.4 is 0 Å². The Morgan fingerprint density at radius 1 is 1.27 bits per heavy atom. The fourth-order valence-electron chi connectivity index (χ4n) is 3.78. The number of rotatable bonds is 3. The van der Waals surface area contributed by atoms with E-state index in [-0.39, 0.29) is 17.7 Å². The number of aromatic nitrogens is 2. The molecule has 120 valence electrons. The summed E-state index contributed by atoms with van der Waals surface area (Å²) in [5.41, 5.74) is 0.646. The molecule has 2 heterocycles. The molecule has 1 saturated heterocycles. The summed E-state index contributed by atoms with van der Waals surface area (Å²) in [6.07, 6.45) is 6.77. The number of piperidine rings is 1. The molecule has 1 aromatic heterocycles. The largest absolute Gasteiger partial charge is 0.481 e. The summed E-state index contributed by atoms with van der Waals surface area (Å²) in [6, 6.07) is 2.12. The summed E-state index contributed by atoms with van der Waals surface area (Å²) in [4.78, 5) is 25.7. The van der Waals surface area contributed by atoms with Gasteiger partial charge in [-0.1, -0.05) is 19.8 Å². The lowest BCUT2D eigenvalue weighted by Gasteiger charge is -2.35. The number of carboxylic acids is 1. The predicted octanol–water partition coefficient (Wildman–Crippen LogP) is 2.18. The molecule has 6 heteroatoms. The molecule has 1 aromatic rings. The number of hydrogen-bond acceptors (Lipinski definition) is 3. The van der Waals surface area contributed by atoms with Crippen LogP contribution in [0.4, 0.5) is 0 Å². The third-order valence-electron chi connectivity index (χ3n) is 5.07. The lowest BCUT2D eigenvalue weighted by atomic mass is 9.87. The van der Waals surface area contributed by atoms with Crippen molar-refractivity contribution >= 4 is 11.9 Å². The molecule has 2 aliphatic rings. The average Bonchev–Trinajstić information content (AvgIpc) is 3.16. The Labute approximate surface area is 130 Å². The summed E-state index contributed by atoms with van der Waals surface area (Å²) in [6.45, 7) is 2.92. The quantitative estimate of drug-likeness (QED) is 0.928. The van der Waals surface area contributed by atoms with Gasteiger partial charge < -0.3 is 10.0 Å². The fourth-order valence-corrected chi connectivity index (χ4v) is 3.78. The number of aliphatic carboxylic acids is 1. The first kappa shape index (κ1) is 15.1. The second-order valence-electron chi connectivity index (χ2n) is 6.56. The van der Waals surface area contributed by atoms with Crippen LogP contribution >= 0.6 is 0 Å². The van der Waals surface area contributed by atoms with Crippen molar-refractivity contribution in [2.45, 2.75) is 45.1 Å². The van der Waals surface area contributed by atoms with Crippen molar-refractivity contribution < 1.29 is 14.7 Å². The lowest BCUT2D eigenvalue weighted by Crippen LogP contribution is -2.45. The van der Waals surface area contributed by atoms with Crippen molar-refractivity contribution in [2.24, 2.45) is 11.8 Å². The normalized spacial score (nSPS) is 26.3. The molecule has 6 nitrogen and oxygen atoms in total. The van der Waals surface area contributed by atoms with Gasteiger partial charge in [0.2, 0.25) is 0 Å². The third kappa shape index (κ3) is 2.74. The highest BCUT2D eigenvalue weighted by Crippen LogP contribution is 2.31. The first-order valence-electron chi connectivity index (χ1n) is 8.13. The molecule has 0 radical (unpaired) electrons. The van der Waals surface area contributed by atoms with E-state index in [2.05, 4.69) is 5.10 Å². The number of amides is 1. The Morgan fingerprint density at radius 3 is 2.64 bits per heavy atom. The summed E-state index contributed by atoms with van der Waals surface area (Å²) < 4.78 is 1.88. The van der Waals surface area contributed by atoms with Gasteiger partial charge in [0.25, 0.3) is 5.91 Å².